The largest absolute Gasteiger partial charge is 0.361 e. The molecule has 0 aliphatic carbocycles. The predicted octanol–water partition coefficient (Wildman–Crippen LogP) is 2.45. The van der Waals surface area contributed by atoms with Crippen LogP contribution in [0.4, 0.5) is 0 Å². The Balaban J connectivity index is 1.99. The van der Waals surface area contributed by atoms with Crippen molar-refractivity contribution in [3.63, 3.8) is 0 Å². The summed E-state index contributed by atoms with van der Waals surface area (Å²) >= 11 is 0. The SMILES string of the molecule is Cc1noc(C)c1CNCc1ccccc1C#N. The minimum atomic E-state index is 0.661. The first kappa shape index (κ1) is 12.3. The fraction of sp³-hybridized carbons (Fsp3) is 0.286. The fourth-order valence-electron chi connectivity index (χ4n) is 1.86. The average Bonchev–Trinajstić information content (AvgIpc) is 2.71. The van der Waals surface area contributed by atoms with Gasteiger partial charge in [-0.15, -0.1) is 0 Å². The van der Waals surface area contributed by atoms with Gasteiger partial charge in [-0.25, -0.2) is 0 Å². The summed E-state index contributed by atoms with van der Waals surface area (Å²) in [5.74, 6) is 0.841. The Morgan fingerprint density at radius 3 is 2.72 bits per heavy atom. The highest BCUT2D eigenvalue weighted by atomic mass is 16.5. The van der Waals surface area contributed by atoms with Crippen molar-refractivity contribution in [2.45, 2.75) is 26.9 Å². The Hall–Kier alpha value is -2.12. The zero-order valence-electron chi connectivity index (χ0n) is 10.5. The smallest absolute Gasteiger partial charge is 0.138 e. The lowest BCUT2D eigenvalue weighted by Gasteiger charge is -2.06. The number of nitrogens with one attached hydrogen (secondary N) is 1. The normalized spacial score (nSPS) is 10.3. The highest BCUT2D eigenvalue weighted by Gasteiger charge is 2.08. The van der Waals surface area contributed by atoms with Gasteiger partial charge >= 0.3 is 0 Å². The fourth-order valence-corrected chi connectivity index (χ4v) is 1.86. The van der Waals surface area contributed by atoms with Crippen molar-refractivity contribution < 1.29 is 4.52 Å². The maximum atomic E-state index is 8.99. The van der Waals surface area contributed by atoms with Crippen LogP contribution in [0.15, 0.2) is 28.8 Å². The van der Waals surface area contributed by atoms with Crippen LogP contribution < -0.4 is 5.32 Å². The molecular weight excluding hydrogens is 226 g/mol. The van der Waals surface area contributed by atoms with E-state index in [9.17, 15) is 0 Å². The summed E-state index contributed by atoms with van der Waals surface area (Å²) in [7, 11) is 0. The molecule has 1 aromatic heterocycles. The van der Waals surface area contributed by atoms with E-state index in [4.69, 9.17) is 9.78 Å². The number of benzene rings is 1. The molecule has 4 heteroatoms. The molecule has 0 spiro atoms. The van der Waals surface area contributed by atoms with Crippen LogP contribution in [0.2, 0.25) is 0 Å². The highest BCUT2D eigenvalue weighted by molar-refractivity contribution is 5.37. The number of nitriles is 1. The third kappa shape index (κ3) is 2.58. The van der Waals surface area contributed by atoms with Gasteiger partial charge in [-0.2, -0.15) is 5.26 Å². The van der Waals surface area contributed by atoms with E-state index in [1.807, 2.05) is 38.1 Å². The van der Waals surface area contributed by atoms with Crippen molar-refractivity contribution in [2.75, 3.05) is 0 Å². The Bertz CT molecular complexity index is 561. The molecule has 92 valence electrons. The van der Waals surface area contributed by atoms with Gasteiger partial charge in [-0.05, 0) is 25.5 Å². The summed E-state index contributed by atoms with van der Waals surface area (Å²) in [6.07, 6.45) is 0. The monoisotopic (exact) mass is 241 g/mol. The van der Waals surface area contributed by atoms with Gasteiger partial charge in [0, 0.05) is 18.7 Å². The summed E-state index contributed by atoms with van der Waals surface area (Å²) < 4.78 is 5.10. The van der Waals surface area contributed by atoms with Crippen molar-refractivity contribution in [3.05, 3.63) is 52.4 Å². The Morgan fingerprint density at radius 1 is 1.28 bits per heavy atom. The van der Waals surface area contributed by atoms with Crippen molar-refractivity contribution >= 4 is 0 Å². The lowest BCUT2D eigenvalue weighted by Crippen LogP contribution is -2.14. The van der Waals surface area contributed by atoms with Crippen LogP contribution in [0.3, 0.4) is 0 Å². The van der Waals surface area contributed by atoms with E-state index in [0.29, 0.717) is 18.7 Å². The third-order valence-electron chi connectivity index (χ3n) is 2.94. The topological polar surface area (TPSA) is 61.9 Å². The van der Waals surface area contributed by atoms with Gasteiger partial charge in [0.1, 0.15) is 5.76 Å². The maximum absolute atomic E-state index is 8.99. The molecule has 1 N–H and O–H groups in total. The molecule has 0 aliphatic heterocycles. The summed E-state index contributed by atoms with van der Waals surface area (Å²) in [5.41, 5.74) is 3.72. The summed E-state index contributed by atoms with van der Waals surface area (Å²) in [4.78, 5) is 0. The number of nitrogens with zero attached hydrogens (tertiary/aromatic N) is 2. The summed E-state index contributed by atoms with van der Waals surface area (Å²) in [6, 6.07) is 9.78. The molecule has 0 aliphatic rings. The molecule has 0 fully saturated rings. The molecule has 2 rings (SSSR count). The van der Waals surface area contributed by atoms with Crippen molar-refractivity contribution in [2.24, 2.45) is 0 Å². The molecular formula is C14H15N3O. The first-order valence-corrected chi connectivity index (χ1v) is 5.83. The molecule has 0 amide bonds. The van der Waals surface area contributed by atoms with Gasteiger partial charge in [0.25, 0.3) is 0 Å². The van der Waals surface area contributed by atoms with Crippen LogP contribution in [-0.4, -0.2) is 5.16 Å². The maximum Gasteiger partial charge on any atom is 0.138 e. The highest BCUT2D eigenvalue weighted by Crippen LogP contribution is 2.12. The molecule has 0 radical (unpaired) electrons. The van der Waals surface area contributed by atoms with Gasteiger partial charge in [0.05, 0.1) is 17.3 Å². The molecule has 0 unspecified atom stereocenters. The first-order chi connectivity index (χ1) is 8.72. The van der Waals surface area contributed by atoms with Gasteiger partial charge in [-0.1, -0.05) is 23.4 Å². The molecule has 0 bridgehead atoms. The van der Waals surface area contributed by atoms with E-state index >= 15 is 0 Å². The van der Waals surface area contributed by atoms with Crippen molar-refractivity contribution in [1.82, 2.24) is 10.5 Å². The zero-order chi connectivity index (χ0) is 13.0. The van der Waals surface area contributed by atoms with E-state index in [2.05, 4.69) is 16.5 Å². The Labute approximate surface area is 106 Å². The van der Waals surface area contributed by atoms with Gasteiger partial charge < -0.3 is 9.84 Å². The van der Waals surface area contributed by atoms with E-state index in [1.54, 1.807) is 0 Å². The quantitative estimate of drug-likeness (QED) is 0.893. The number of rotatable bonds is 4. The number of aryl methyl sites for hydroxylation is 2. The van der Waals surface area contributed by atoms with Crippen LogP contribution in [-0.2, 0) is 13.1 Å². The van der Waals surface area contributed by atoms with Crippen molar-refractivity contribution in [3.8, 4) is 6.07 Å². The van der Waals surface area contributed by atoms with Gasteiger partial charge in [0.2, 0.25) is 0 Å². The molecule has 1 aromatic carbocycles. The van der Waals surface area contributed by atoms with E-state index < -0.39 is 0 Å². The second-order valence-corrected chi connectivity index (χ2v) is 4.18. The van der Waals surface area contributed by atoms with Gasteiger partial charge in [0.15, 0.2) is 0 Å². The zero-order valence-corrected chi connectivity index (χ0v) is 10.5. The third-order valence-corrected chi connectivity index (χ3v) is 2.94. The van der Waals surface area contributed by atoms with Crippen LogP contribution in [0.5, 0.6) is 0 Å². The van der Waals surface area contributed by atoms with Crippen LogP contribution >= 0.6 is 0 Å². The molecule has 0 saturated heterocycles. The average molecular weight is 241 g/mol. The van der Waals surface area contributed by atoms with Gasteiger partial charge in [-0.3, -0.25) is 0 Å². The summed E-state index contributed by atoms with van der Waals surface area (Å²) in [6.45, 7) is 5.19. The minimum Gasteiger partial charge on any atom is -0.361 e. The lowest BCUT2D eigenvalue weighted by atomic mass is 10.1. The summed E-state index contributed by atoms with van der Waals surface area (Å²) in [5, 5.41) is 16.2. The second kappa shape index (κ2) is 5.48. The molecule has 1 heterocycles. The molecule has 18 heavy (non-hydrogen) atoms. The minimum absolute atomic E-state index is 0.661. The van der Waals surface area contributed by atoms with E-state index in [1.165, 1.54) is 0 Å². The number of hydrogen-bond donors (Lipinski definition) is 1. The Morgan fingerprint density at radius 2 is 2.06 bits per heavy atom. The Kier molecular flexibility index (Phi) is 3.75. The molecule has 0 atom stereocenters. The van der Waals surface area contributed by atoms with Crippen LogP contribution in [0, 0.1) is 25.2 Å². The standard InChI is InChI=1S/C14H15N3O/c1-10-14(11(2)18-17-10)9-16-8-13-6-4-3-5-12(13)7-15/h3-6,16H,8-9H2,1-2H3. The lowest BCUT2D eigenvalue weighted by molar-refractivity contribution is 0.392. The molecule has 4 nitrogen and oxygen atoms in total. The number of aromatic nitrogens is 1. The second-order valence-electron chi connectivity index (χ2n) is 4.18. The van der Waals surface area contributed by atoms with E-state index in [-0.39, 0.29) is 0 Å². The van der Waals surface area contributed by atoms with Crippen LogP contribution in [0.1, 0.15) is 28.1 Å². The predicted molar refractivity (Wildman–Crippen MR) is 67.7 cm³/mol. The number of hydrogen-bond acceptors (Lipinski definition) is 4. The van der Waals surface area contributed by atoms with E-state index in [0.717, 1.165) is 22.6 Å². The first-order valence-electron chi connectivity index (χ1n) is 5.83. The van der Waals surface area contributed by atoms with Crippen LogP contribution in [0.25, 0.3) is 0 Å². The molecule has 2 aromatic rings. The van der Waals surface area contributed by atoms with Crippen molar-refractivity contribution in [1.29, 1.82) is 5.26 Å². The molecule has 0 saturated carbocycles.